The van der Waals surface area contributed by atoms with Crippen molar-refractivity contribution in [2.24, 2.45) is 0 Å². The molecule has 0 spiro atoms. The minimum Gasteiger partial charge on any atom is -0.495 e. The van der Waals surface area contributed by atoms with Crippen LogP contribution in [0.15, 0.2) is 18.2 Å². The van der Waals surface area contributed by atoms with Crippen LogP contribution >= 0.6 is 0 Å². The maximum atomic E-state index is 11.6. The molecule has 0 saturated heterocycles. The minimum atomic E-state index is -0.583. The highest BCUT2D eigenvalue weighted by Crippen LogP contribution is 2.28. The van der Waals surface area contributed by atoms with Crippen LogP contribution in [0.1, 0.15) is 6.92 Å². The normalized spacial score (nSPS) is 11.5. The molecule has 1 rings (SSSR count). The zero-order chi connectivity index (χ0) is 14.4. The van der Waals surface area contributed by atoms with Crippen LogP contribution in [-0.4, -0.2) is 35.8 Å². The Kier molecular flexibility index (Phi) is 5.07. The van der Waals surface area contributed by atoms with Crippen LogP contribution in [0, 0.1) is 10.1 Å². The van der Waals surface area contributed by atoms with E-state index in [-0.39, 0.29) is 18.0 Å². The fourth-order valence-corrected chi connectivity index (χ4v) is 1.34. The molecular formula is C11H15N3O5. The van der Waals surface area contributed by atoms with Gasteiger partial charge in [0.15, 0.2) is 0 Å². The first kappa shape index (κ1) is 14.7. The molecule has 0 fully saturated rings. The molecule has 0 heterocycles. The van der Waals surface area contributed by atoms with Crippen molar-refractivity contribution in [2.45, 2.75) is 13.0 Å². The predicted octanol–water partition coefficient (Wildman–Crippen LogP) is 1.11. The Hall–Kier alpha value is -2.35. The summed E-state index contributed by atoms with van der Waals surface area (Å²) in [5, 5.41) is 24.4. The minimum absolute atomic E-state index is 0.161. The lowest BCUT2D eigenvalue weighted by atomic mass is 10.2. The summed E-state index contributed by atoms with van der Waals surface area (Å²) in [6.07, 6.45) is 0. The second-order valence-corrected chi connectivity index (χ2v) is 3.82. The maximum absolute atomic E-state index is 11.6. The van der Waals surface area contributed by atoms with E-state index in [0.29, 0.717) is 5.75 Å². The molecular weight excluding hydrogens is 254 g/mol. The smallest absolute Gasteiger partial charge is 0.319 e. The molecule has 0 radical (unpaired) electrons. The lowest BCUT2D eigenvalue weighted by molar-refractivity contribution is -0.384. The van der Waals surface area contributed by atoms with Crippen LogP contribution in [0.25, 0.3) is 0 Å². The van der Waals surface area contributed by atoms with Gasteiger partial charge in [0.2, 0.25) is 0 Å². The summed E-state index contributed by atoms with van der Waals surface area (Å²) >= 11 is 0. The topological polar surface area (TPSA) is 114 Å². The third-order valence-electron chi connectivity index (χ3n) is 2.29. The number of carbonyl (C=O) groups is 1. The number of nitrogens with one attached hydrogen (secondary N) is 2. The third kappa shape index (κ3) is 4.11. The van der Waals surface area contributed by atoms with Gasteiger partial charge in [0.25, 0.3) is 5.69 Å². The molecule has 104 valence electrons. The van der Waals surface area contributed by atoms with Gasteiger partial charge in [-0.2, -0.15) is 0 Å². The summed E-state index contributed by atoms with van der Waals surface area (Å²) in [7, 11) is 1.39. The van der Waals surface area contributed by atoms with Crippen molar-refractivity contribution >= 4 is 17.4 Å². The van der Waals surface area contributed by atoms with E-state index < -0.39 is 17.0 Å². The van der Waals surface area contributed by atoms with Crippen molar-refractivity contribution < 1.29 is 19.6 Å². The summed E-state index contributed by atoms with van der Waals surface area (Å²) in [6.45, 7) is 1.41. The standard InChI is InChI=1S/C11H15N3O5/c1-7(6-15)12-11(16)13-9-5-8(14(17)18)3-4-10(9)19-2/h3-5,7,15H,6H2,1-2H3,(H2,12,13,16)/t7-/m0/s1. The number of amides is 2. The number of anilines is 1. The Morgan fingerprint density at radius 1 is 1.58 bits per heavy atom. The molecule has 19 heavy (non-hydrogen) atoms. The van der Waals surface area contributed by atoms with Crippen molar-refractivity contribution in [3.63, 3.8) is 0 Å². The van der Waals surface area contributed by atoms with Crippen LogP contribution in [0.4, 0.5) is 16.2 Å². The highest BCUT2D eigenvalue weighted by Gasteiger charge is 2.14. The van der Waals surface area contributed by atoms with Gasteiger partial charge in [-0.3, -0.25) is 10.1 Å². The molecule has 0 aliphatic carbocycles. The van der Waals surface area contributed by atoms with E-state index in [2.05, 4.69) is 10.6 Å². The molecule has 1 aromatic carbocycles. The number of benzene rings is 1. The van der Waals surface area contributed by atoms with Gasteiger partial charge in [0.1, 0.15) is 5.75 Å². The molecule has 8 heteroatoms. The van der Waals surface area contributed by atoms with Gasteiger partial charge < -0.3 is 20.5 Å². The molecule has 0 aliphatic rings. The van der Waals surface area contributed by atoms with Crippen molar-refractivity contribution in [2.75, 3.05) is 19.0 Å². The number of methoxy groups -OCH3 is 1. The first-order chi connectivity index (χ1) is 8.97. The number of aliphatic hydroxyl groups is 1. The molecule has 3 N–H and O–H groups in total. The van der Waals surface area contributed by atoms with Gasteiger partial charge in [-0.25, -0.2) is 4.79 Å². The fraction of sp³-hybridized carbons (Fsp3) is 0.364. The van der Waals surface area contributed by atoms with Crippen LogP contribution in [-0.2, 0) is 0 Å². The number of aliphatic hydroxyl groups excluding tert-OH is 1. The summed E-state index contributed by atoms with van der Waals surface area (Å²) in [5.41, 5.74) is 0.0191. The van der Waals surface area contributed by atoms with Crippen molar-refractivity contribution in [1.29, 1.82) is 0 Å². The second kappa shape index (κ2) is 6.55. The highest BCUT2D eigenvalue weighted by atomic mass is 16.6. The average molecular weight is 269 g/mol. The number of rotatable bonds is 5. The Morgan fingerprint density at radius 2 is 2.26 bits per heavy atom. The first-order valence-corrected chi connectivity index (χ1v) is 5.48. The van der Waals surface area contributed by atoms with Gasteiger partial charge in [-0.05, 0) is 13.0 Å². The molecule has 1 atom stereocenters. The van der Waals surface area contributed by atoms with Gasteiger partial charge in [-0.15, -0.1) is 0 Å². The van der Waals surface area contributed by atoms with Gasteiger partial charge in [0, 0.05) is 12.1 Å². The summed E-state index contributed by atoms with van der Waals surface area (Å²) in [5.74, 6) is 0.303. The molecule has 0 saturated carbocycles. The van der Waals surface area contributed by atoms with Gasteiger partial charge in [-0.1, -0.05) is 0 Å². The number of hydrogen-bond donors (Lipinski definition) is 3. The Balaban J connectivity index is 2.88. The molecule has 2 amide bonds. The number of non-ortho nitro benzene ring substituents is 1. The van der Waals surface area contributed by atoms with E-state index >= 15 is 0 Å². The lowest BCUT2D eigenvalue weighted by Gasteiger charge is -2.13. The van der Waals surface area contributed by atoms with E-state index in [1.807, 2.05) is 0 Å². The lowest BCUT2D eigenvalue weighted by Crippen LogP contribution is -2.38. The Bertz CT molecular complexity index is 477. The fourth-order valence-electron chi connectivity index (χ4n) is 1.34. The number of ether oxygens (including phenoxy) is 1. The predicted molar refractivity (Wildman–Crippen MR) is 68.4 cm³/mol. The maximum Gasteiger partial charge on any atom is 0.319 e. The molecule has 0 bridgehead atoms. The van der Waals surface area contributed by atoms with Crippen LogP contribution in [0.3, 0.4) is 0 Å². The second-order valence-electron chi connectivity index (χ2n) is 3.82. The number of carbonyl (C=O) groups excluding carboxylic acids is 1. The number of nitrogens with zero attached hydrogens (tertiary/aromatic N) is 1. The molecule has 0 unspecified atom stereocenters. The van der Waals surface area contributed by atoms with Gasteiger partial charge in [0.05, 0.1) is 30.4 Å². The summed E-state index contributed by atoms with van der Waals surface area (Å²) in [6, 6.07) is 2.86. The number of hydrogen-bond acceptors (Lipinski definition) is 5. The van der Waals surface area contributed by atoms with Crippen LogP contribution in [0.2, 0.25) is 0 Å². The molecule has 0 aliphatic heterocycles. The number of nitro benzene ring substituents is 1. The SMILES string of the molecule is COc1ccc([N+](=O)[O-])cc1NC(=O)N[C@@H](C)CO. The van der Waals surface area contributed by atoms with Crippen molar-refractivity contribution in [3.8, 4) is 5.75 Å². The van der Waals surface area contributed by atoms with Crippen molar-refractivity contribution in [1.82, 2.24) is 5.32 Å². The molecule has 1 aromatic rings. The van der Waals surface area contributed by atoms with Crippen LogP contribution in [0.5, 0.6) is 5.75 Å². The Labute approximate surface area is 109 Å². The highest BCUT2D eigenvalue weighted by molar-refractivity contribution is 5.91. The largest absolute Gasteiger partial charge is 0.495 e. The summed E-state index contributed by atoms with van der Waals surface area (Å²) in [4.78, 5) is 21.7. The monoisotopic (exact) mass is 269 g/mol. The Morgan fingerprint density at radius 3 is 2.79 bits per heavy atom. The van der Waals surface area contributed by atoms with E-state index in [1.54, 1.807) is 6.92 Å². The van der Waals surface area contributed by atoms with Crippen LogP contribution < -0.4 is 15.4 Å². The first-order valence-electron chi connectivity index (χ1n) is 5.48. The third-order valence-corrected chi connectivity index (χ3v) is 2.29. The van der Waals surface area contributed by atoms with Crippen molar-refractivity contribution in [3.05, 3.63) is 28.3 Å². The van der Waals surface area contributed by atoms with E-state index in [1.165, 1.54) is 25.3 Å². The summed E-state index contributed by atoms with van der Waals surface area (Å²) < 4.78 is 5.00. The zero-order valence-corrected chi connectivity index (χ0v) is 10.5. The quantitative estimate of drug-likeness (QED) is 0.547. The number of nitro groups is 1. The molecule has 0 aromatic heterocycles. The van der Waals surface area contributed by atoms with E-state index in [0.717, 1.165) is 0 Å². The zero-order valence-electron chi connectivity index (χ0n) is 10.5. The average Bonchev–Trinajstić information content (AvgIpc) is 2.38. The van der Waals surface area contributed by atoms with E-state index in [9.17, 15) is 14.9 Å². The van der Waals surface area contributed by atoms with Gasteiger partial charge >= 0.3 is 6.03 Å². The molecule has 8 nitrogen and oxygen atoms in total. The van der Waals surface area contributed by atoms with E-state index in [4.69, 9.17) is 9.84 Å². The number of urea groups is 1.